The standard InChI is InChI=1S/2C28H23ClN4O3.3C2H2O4/c2*1-32-23-13-10-19(14-22(23)21(15-24(32)34)17-6-4-3-5-7-17)25(18-8-11-20(29)12-9-18)33-16-31-27(30)26(33)28(35)36-2;3*3-1(4)2(5)6/h2*3-16,25H,30H2,1-2H3;3*(H,3,4)(H,5,6). The molecule has 10 aromatic rings. The molecule has 0 amide bonds. The maximum atomic E-state index is 12.7. The van der Waals surface area contributed by atoms with Crippen LogP contribution < -0.4 is 22.6 Å². The number of hydrogen-bond donors (Lipinski definition) is 8. The molecule has 2 unspecified atom stereocenters. The fourth-order valence-corrected chi connectivity index (χ4v) is 9.34. The number of aliphatic carboxylic acids is 6. The Morgan fingerprint density at radius 3 is 1.00 bits per heavy atom. The molecule has 2 atom stereocenters. The molecule has 10 N–H and O–H groups in total. The van der Waals surface area contributed by atoms with E-state index < -0.39 is 59.8 Å². The monoisotopic (exact) mass is 1270 g/mol. The maximum Gasteiger partial charge on any atom is 0.414 e. The third kappa shape index (κ3) is 15.9. The van der Waals surface area contributed by atoms with Gasteiger partial charge in [0.05, 0.1) is 50.0 Å². The summed E-state index contributed by atoms with van der Waals surface area (Å²) in [5.41, 5.74) is 20.8. The summed E-state index contributed by atoms with van der Waals surface area (Å²) in [5, 5.41) is 47.3. The molecular weight excluding hydrogens is 1220 g/mol. The number of esters is 2. The summed E-state index contributed by atoms with van der Waals surface area (Å²) in [7, 11) is 6.11. The number of imidazole rings is 2. The van der Waals surface area contributed by atoms with Gasteiger partial charge in [-0.25, -0.2) is 48.3 Å². The zero-order valence-corrected chi connectivity index (χ0v) is 49.0. The number of nitrogen functional groups attached to an aromatic ring is 2. The Hall–Kier alpha value is -11.9. The average molecular weight is 1270 g/mol. The van der Waals surface area contributed by atoms with Crippen LogP contribution in [0.25, 0.3) is 44.1 Å². The number of aromatic nitrogens is 6. The van der Waals surface area contributed by atoms with E-state index in [1.54, 1.807) is 68.8 Å². The van der Waals surface area contributed by atoms with Gasteiger partial charge < -0.3 is 69.8 Å². The molecule has 0 spiro atoms. The van der Waals surface area contributed by atoms with Gasteiger partial charge in [0.1, 0.15) is 0 Å². The highest BCUT2D eigenvalue weighted by molar-refractivity contribution is 6.31. The Morgan fingerprint density at radius 1 is 0.433 bits per heavy atom. The molecule has 0 fully saturated rings. The largest absolute Gasteiger partial charge is 0.473 e. The molecule has 26 nitrogen and oxygen atoms in total. The van der Waals surface area contributed by atoms with Crippen molar-refractivity contribution in [3.05, 3.63) is 235 Å². The van der Waals surface area contributed by atoms with Gasteiger partial charge >= 0.3 is 47.8 Å². The van der Waals surface area contributed by atoms with Gasteiger partial charge in [-0.2, -0.15) is 0 Å². The summed E-state index contributed by atoms with van der Waals surface area (Å²) < 4.78 is 16.6. The van der Waals surface area contributed by atoms with Gasteiger partial charge in [0.15, 0.2) is 23.0 Å². The lowest BCUT2D eigenvalue weighted by atomic mass is 9.94. The van der Waals surface area contributed by atoms with Crippen LogP contribution in [-0.2, 0) is 52.3 Å². The molecule has 0 aliphatic heterocycles. The maximum absolute atomic E-state index is 12.7. The van der Waals surface area contributed by atoms with Crippen LogP contribution in [0.3, 0.4) is 0 Å². The Balaban J connectivity index is 0.000000225. The zero-order chi connectivity index (χ0) is 66.3. The van der Waals surface area contributed by atoms with Gasteiger partial charge in [-0.15, -0.1) is 0 Å². The Morgan fingerprint density at radius 2 is 0.722 bits per heavy atom. The van der Waals surface area contributed by atoms with Gasteiger partial charge in [-0.05, 0) is 93.0 Å². The van der Waals surface area contributed by atoms with E-state index in [4.69, 9.17) is 104 Å². The van der Waals surface area contributed by atoms with E-state index in [2.05, 4.69) is 9.97 Å². The van der Waals surface area contributed by atoms with Gasteiger partial charge in [0, 0.05) is 47.0 Å². The van der Waals surface area contributed by atoms with Gasteiger partial charge in [0.25, 0.3) is 11.1 Å². The molecule has 4 heterocycles. The van der Waals surface area contributed by atoms with Crippen LogP contribution in [0.4, 0.5) is 11.6 Å². The third-order valence-corrected chi connectivity index (χ3v) is 13.7. The SMILES string of the molecule is COC(=O)c1c(N)ncn1C(c1ccc(Cl)cc1)c1ccc2c(c1)c(-c1ccccc1)cc(=O)n2C.COC(=O)c1c(N)ncn1C(c1ccc(Cl)cc1)c1ccc2c(c1)c(-c1ccccc1)cc(=O)n2C.O=C(O)C(=O)O.O=C(O)C(=O)O.O=C(O)C(=O)O. The first-order chi connectivity index (χ1) is 42.7. The first kappa shape index (κ1) is 67.2. The van der Waals surface area contributed by atoms with Gasteiger partial charge in [0.2, 0.25) is 0 Å². The van der Waals surface area contributed by atoms with Crippen LogP contribution in [0.15, 0.2) is 180 Å². The third-order valence-electron chi connectivity index (χ3n) is 13.2. The number of halogens is 2. The van der Waals surface area contributed by atoms with Crippen molar-refractivity contribution in [3.8, 4) is 22.3 Å². The molecule has 4 aromatic heterocycles. The number of rotatable bonds is 10. The minimum Gasteiger partial charge on any atom is -0.473 e. The average Bonchev–Trinajstić information content (AvgIpc) is 1.41. The van der Waals surface area contributed by atoms with E-state index in [1.807, 2.05) is 121 Å². The summed E-state index contributed by atoms with van der Waals surface area (Å²) in [6.45, 7) is 0. The number of hydrogen-bond acceptors (Lipinski definition) is 16. The van der Waals surface area contributed by atoms with Crippen LogP contribution >= 0.6 is 23.2 Å². The summed E-state index contributed by atoms with van der Waals surface area (Å²) >= 11 is 12.3. The lowest BCUT2D eigenvalue weighted by Gasteiger charge is -2.23. The molecular formula is C62H52Cl2N8O18. The van der Waals surface area contributed by atoms with E-state index in [0.29, 0.717) is 10.0 Å². The number of carbonyl (C=O) groups excluding carboxylic acids is 2. The summed E-state index contributed by atoms with van der Waals surface area (Å²) in [6.07, 6.45) is 3.06. The van der Waals surface area contributed by atoms with Crippen molar-refractivity contribution >= 4 is 104 Å². The number of methoxy groups -OCH3 is 2. The van der Waals surface area contributed by atoms with E-state index >= 15 is 0 Å². The highest BCUT2D eigenvalue weighted by atomic mass is 35.5. The van der Waals surface area contributed by atoms with Crippen molar-refractivity contribution in [3.63, 3.8) is 0 Å². The fraction of sp³-hybridized carbons (Fsp3) is 0.0968. The number of carboxylic acid groups (broad SMARTS) is 6. The van der Waals surface area contributed by atoms with Crippen molar-refractivity contribution in [2.24, 2.45) is 14.1 Å². The minimum atomic E-state index is -1.82. The second-order valence-corrected chi connectivity index (χ2v) is 19.6. The number of carbonyl (C=O) groups is 8. The number of benzene rings is 6. The van der Waals surface area contributed by atoms with E-state index in [-0.39, 0.29) is 34.1 Å². The van der Waals surface area contributed by atoms with Crippen LogP contribution in [0.5, 0.6) is 0 Å². The molecule has 28 heteroatoms. The number of ether oxygens (including phenoxy) is 2. The number of pyridine rings is 2. The number of fused-ring (bicyclic) bond motifs is 2. The first-order valence-electron chi connectivity index (χ1n) is 25.8. The Bertz CT molecular complexity index is 4130. The molecule has 10 rings (SSSR count). The van der Waals surface area contributed by atoms with Crippen LogP contribution in [0.1, 0.15) is 55.3 Å². The fourth-order valence-electron chi connectivity index (χ4n) is 9.08. The van der Waals surface area contributed by atoms with Crippen LogP contribution in [0.2, 0.25) is 10.0 Å². The van der Waals surface area contributed by atoms with Crippen molar-refractivity contribution < 1.29 is 78.5 Å². The smallest absolute Gasteiger partial charge is 0.414 e. The predicted octanol–water partition coefficient (Wildman–Crippen LogP) is 7.59. The van der Waals surface area contributed by atoms with Crippen LogP contribution in [-0.4, -0.2) is 121 Å². The van der Waals surface area contributed by atoms with E-state index in [1.165, 1.54) is 26.9 Å². The zero-order valence-electron chi connectivity index (χ0n) is 47.5. The first-order valence-corrected chi connectivity index (χ1v) is 26.6. The van der Waals surface area contributed by atoms with Gasteiger partial charge in [-0.3, -0.25) is 9.59 Å². The quantitative estimate of drug-likeness (QED) is 0.0482. The number of anilines is 2. The molecule has 0 saturated heterocycles. The number of nitrogens with zero attached hydrogens (tertiary/aromatic N) is 6. The van der Waals surface area contributed by atoms with Crippen molar-refractivity contribution in [1.82, 2.24) is 28.2 Å². The highest BCUT2D eigenvalue weighted by Crippen LogP contribution is 2.37. The Kier molecular flexibility index (Phi) is 22.4. The van der Waals surface area contributed by atoms with E-state index in [9.17, 15) is 19.2 Å². The molecule has 462 valence electrons. The van der Waals surface area contributed by atoms with Gasteiger partial charge in [-0.1, -0.05) is 120 Å². The summed E-state index contributed by atoms with van der Waals surface area (Å²) in [4.78, 5) is 114. The lowest BCUT2D eigenvalue weighted by molar-refractivity contribution is -0.159. The number of nitrogens with two attached hydrogens (primary N) is 2. The topological polar surface area (TPSA) is 408 Å². The number of aryl methyl sites for hydroxylation is 2. The lowest BCUT2D eigenvalue weighted by Crippen LogP contribution is -2.20. The molecule has 0 radical (unpaired) electrons. The van der Waals surface area contributed by atoms with E-state index in [0.717, 1.165) is 66.3 Å². The van der Waals surface area contributed by atoms with Crippen LogP contribution in [0, 0.1) is 0 Å². The second kappa shape index (κ2) is 29.9. The molecule has 0 bridgehead atoms. The molecule has 6 aromatic carbocycles. The second-order valence-electron chi connectivity index (χ2n) is 18.7. The highest BCUT2D eigenvalue weighted by Gasteiger charge is 2.29. The van der Waals surface area contributed by atoms with Crippen molar-refractivity contribution in [2.75, 3.05) is 25.7 Å². The molecule has 90 heavy (non-hydrogen) atoms. The predicted molar refractivity (Wildman–Crippen MR) is 328 cm³/mol. The summed E-state index contributed by atoms with van der Waals surface area (Å²) in [6, 6.07) is 48.4. The minimum absolute atomic E-state index is 0.0778. The van der Waals surface area contributed by atoms with Crippen molar-refractivity contribution in [2.45, 2.75) is 12.1 Å². The van der Waals surface area contributed by atoms with Crippen molar-refractivity contribution in [1.29, 1.82) is 0 Å². The Labute approximate surface area is 517 Å². The summed E-state index contributed by atoms with van der Waals surface area (Å²) in [5.74, 6) is -12.0. The molecule has 0 aliphatic rings. The molecule has 0 saturated carbocycles. The molecule has 0 aliphatic carbocycles. The number of carboxylic acids is 6. The normalized spacial score (nSPS) is 11.0.